The first-order chi connectivity index (χ1) is 9.19. The van der Waals surface area contributed by atoms with Crippen molar-refractivity contribution in [2.24, 2.45) is 0 Å². The Labute approximate surface area is 123 Å². The summed E-state index contributed by atoms with van der Waals surface area (Å²) in [4.78, 5) is 12.2. The second kappa shape index (κ2) is 6.55. The van der Waals surface area contributed by atoms with Gasteiger partial charge in [-0.25, -0.2) is 4.79 Å². The number of ether oxygens (including phenoxy) is 1. The lowest BCUT2D eigenvalue weighted by Gasteiger charge is -2.38. The Bertz CT molecular complexity index is 435. The van der Waals surface area contributed by atoms with Crippen LogP contribution in [0.2, 0.25) is 18.1 Å². The molecule has 4 heteroatoms. The first-order valence-corrected chi connectivity index (χ1v) is 9.99. The summed E-state index contributed by atoms with van der Waals surface area (Å²) in [5.41, 5.74) is 0.857. The molecule has 1 rings (SSSR count). The highest BCUT2D eigenvalue weighted by atomic mass is 28.4. The highest BCUT2D eigenvalue weighted by Gasteiger charge is 2.41. The van der Waals surface area contributed by atoms with E-state index < -0.39 is 14.4 Å². The summed E-state index contributed by atoms with van der Waals surface area (Å²) in [5.74, 6) is -0.302. The summed E-state index contributed by atoms with van der Waals surface area (Å²) in [6.45, 7) is 12.9. The topological polar surface area (TPSA) is 35.5 Å². The van der Waals surface area contributed by atoms with Crippen molar-refractivity contribution in [2.45, 2.75) is 51.9 Å². The van der Waals surface area contributed by atoms with Gasteiger partial charge in [-0.1, -0.05) is 51.1 Å². The van der Waals surface area contributed by atoms with Crippen LogP contribution in [0.5, 0.6) is 0 Å². The summed E-state index contributed by atoms with van der Waals surface area (Å²) in [7, 11) is -2.04. The number of rotatable bonds is 5. The quantitative estimate of drug-likeness (QED) is 0.599. The molecule has 0 aliphatic heterocycles. The SMILES string of the molecule is CCOC(=O)[C@H](O[Si](C)(C)C(C)(C)C)c1ccccc1. The standard InChI is InChI=1S/C16H26O3Si/c1-7-18-15(17)14(13-11-9-8-10-12-13)19-20(5,6)16(2,3)4/h8-12,14H,7H2,1-6H3/t14-/m1/s1. The van der Waals surface area contributed by atoms with E-state index in [0.717, 1.165) is 5.56 Å². The molecule has 3 nitrogen and oxygen atoms in total. The van der Waals surface area contributed by atoms with Crippen molar-refractivity contribution in [3.8, 4) is 0 Å². The predicted molar refractivity (Wildman–Crippen MR) is 84.1 cm³/mol. The Balaban J connectivity index is 3.04. The fourth-order valence-electron chi connectivity index (χ4n) is 1.57. The number of carbonyl (C=O) groups excluding carboxylic acids is 1. The summed E-state index contributed by atoms with van der Waals surface area (Å²) in [6.07, 6.45) is -0.628. The van der Waals surface area contributed by atoms with Gasteiger partial charge in [0, 0.05) is 0 Å². The third kappa shape index (κ3) is 4.18. The smallest absolute Gasteiger partial charge is 0.338 e. The minimum absolute atomic E-state index is 0.0481. The maximum atomic E-state index is 12.2. The van der Waals surface area contributed by atoms with Gasteiger partial charge in [0.1, 0.15) is 0 Å². The van der Waals surface area contributed by atoms with Crippen LogP contribution in [0.25, 0.3) is 0 Å². The predicted octanol–water partition coefficient (Wildman–Crippen LogP) is 4.31. The second-order valence-electron chi connectivity index (χ2n) is 6.42. The molecule has 0 aromatic heterocycles. The molecular formula is C16H26O3Si. The minimum Gasteiger partial charge on any atom is -0.464 e. The van der Waals surface area contributed by atoms with Crippen molar-refractivity contribution in [3.05, 3.63) is 35.9 Å². The molecule has 20 heavy (non-hydrogen) atoms. The van der Waals surface area contributed by atoms with Gasteiger partial charge in [0.15, 0.2) is 14.4 Å². The fraction of sp³-hybridized carbons (Fsp3) is 0.562. The van der Waals surface area contributed by atoms with Crippen LogP contribution < -0.4 is 0 Å². The molecule has 0 bridgehead atoms. The average molecular weight is 294 g/mol. The summed E-state index contributed by atoms with van der Waals surface area (Å²) < 4.78 is 11.4. The van der Waals surface area contributed by atoms with E-state index in [2.05, 4.69) is 33.9 Å². The van der Waals surface area contributed by atoms with Crippen LogP contribution in [0.15, 0.2) is 30.3 Å². The van der Waals surface area contributed by atoms with Crippen molar-refractivity contribution in [2.75, 3.05) is 6.61 Å². The number of carbonyl (C=O) groups is 1. The monoisotopic (exact) mass is 294 g/mol. The largest absolute Gasteiger partial charge is 0.464 e. The Morgan fingerprint density at radius 3 is 2.20 bits per heavy atom. The van der Waals surface area contributed by atoms with Crippen LogP contribution in [0, 0.1) is 0 Å². The lowest BCUT2D eigenvalue weighted by molar-refractivity contribution is -0.152. The van der Waals surface area contributed by atoms with Crippen molar-refractivity contribution >= 4 is 14.3 Å². The van der Waals surface area contributed by atoms with Crippen LogP contribution in [0.4, 0.5) is 0 Å². The molecule has 0 aliphatic carbocycles. The lowest BCUT2D eigenvalue weighted by atomic mass is 10.1. The zero-order valence-corrected chi connectivity index (χ0v) is 14.4. The van der Waals surface area contributed by atoms with Gasteiger partial charge in [-0.3, -0.25) is 0 Å². The Morgan fingerprint density at radius 1 is 1.20 bits per heavy atom. The highest BCUT2D eigenvalue weighted by molar-refractivity contribution is 6.74. The summed E-state index contributed by atoms with van der Waals surface area (Å²) in [6, 6.07) is 9.58. The van der Waals surface area contributed by atoms with E-state index in [1.165, 1.54) is 0 Å². The van der Waals surface area contributed by atoms with Crippen molar-refractivity contribution in [1.82, 2.24) is 0 Å². The molecule has 0 radical (unpaired) electrons. The minimum atomic E-state index is -2.04. The summed E-state index contributed by atoms with van der Waals surface area (Å²) in [5, 5.41) is 0.0481. The van der Waals surface area contributed by atoms with E-state index in [4.69, 9.17) is 9.16 Å². The first-order valence-electron chi connectivity index (χ1n) is 7.08. The van der Waals surface area contributed by atoms with Crippen LogP contribution in [0.1, 0.15) is 39.4 Å². The zero-order chi connectivity index (χ0) is 15.4. The number of esters is 1. The third-order valence-electron chi connectivity index (χ3n) is 3.82. The molecule has 0 amide bonds. The maximum Gasteiger partial charge on any atom is 0.338 e. The molecule has 0 saturated carbocycles. The Kier molecular flexibility index (Phi) is 5.54. The molecule has 1 atom stereocenters. The summed E-state index contributed by atoms with van der Waals surface area (Å²) >= 11 is 0. The van der Waals surface area contributed by atoms with Gasteiger partial charge >= 0.3 is 5.97 Å². The molecule has 0 fully saturated rings. The molecule has 0 unspecified atom stereocenters. The number of hydrogen-bond donors (Lipinski definition) is 0. The Morgan fingerprint density at radius 2 is 1.75 bits per heavy atom. The highest BCUT2D eigenvalue weighted by Crippen LogP contribution is 2.40. The molecule has 0 N–H and O–H groups in total. The zero-order valence-electron chi connectivity index (χ0n) is 13.4. The lowest BCUT2D eigenvalue weighted by Crippen LogP contribution is -2.43. The van der Waals surface area contributed by atoms with Gasteiger partial charge in [0.25, 0.3) is 0 Å². The fourth-order valence-corrected chi connectivity index (χ4v) is 2.74. The molecule has 112 valence electrons. The molecule has 0 aliphatic rings. The van der Waals surface area contributed by atoms with Crippen LogP contribution in [-0.2, 0) is 14.0 Å². The van der Waals surface area contributed by atoms with Gasteiger partial charge in [-0.05, 0) is 30.6 Å². The Hall–Kier alpha value is -1.13. The van der Waals surface area contributed by atoms with Crippen molar-refractivity contribution in [3.63, 3.8) is 0 Å². The van der Waals surface area contributed by atoms with Gasteiger partial charge < -0.3 is 9.16 Å². The molecule has 0 heterocycles. The van der Waals surface area contributed by atoms with E-state index >= 15 is 0 Å². The van der Waals surface area contributed by atoms with E-state index in [-0.39, 0.29) is 11.0 Å². The second-order valence-corrected chi connectivity index (χ2v) is 11.2. The molecule has 0 saturated heterocycles. The molecular weight excluding hydrogens is 268 g/mol. The van der Waals surface area contributed by atoms with E-state index in [0.29, 0.717) is 6.61 Å². The van der Waals surface area contributed by atoms with Crippen LogP contribution >= 0.6 is 0 Å². The normalized spacial score (nSPS) is 13.9. The van der Waals surface area contributed by atoms with Crippen molar-refractivity contribution in [1.29, 1.82) is 0 Å². The van der Waals surface area contributed by atoms with Gasteiger partial charge in [-0.15, -0.1) is 0 Å². The van der Waals surface area contributed by atoms with Gasteiger partial charge in [0.05, 0.1) is 6.61 Å². The molecule has 0 spiro atoms. The van der Waals surface area contributed by atoms with E-state index in [1.807, 2.05) is 37.3 Å². The third-order valence-corrected chi connectivity index (χ3v) is 8.26. The molecule has 1 aromatic rings. The first kappa shape index (κ1) is 16.9. The van der Waals surface area contributed by atoms with E-state index in [1.54, 1.807) is 0 Å². The number of benzene rings is 1. The van der Waals surface area contributed by atoms with Gasteiger partial charge in [0.2, 0.25) is 0 Å². The van der Waals surface area contributed by atoms with E-state index in [9.17, 15) is 4.79 Å². The van der Waals surface area contributed by atoms with Crippen LogP contribution in [0.3, 0.4) is 0 Å². The average Bonchev–Trinajstić information content (AvgIpc) is 2.36. The van der Waals surface area contributed by atoms with Gasteiger partial charge in [-0.2, -0.15) is 0 Å². The van der Waals surface area contributed by atoms with Crippen molar-refractivity contribution < 1.29 is 14.0 Å². The molecule has 1 aromatic carbocycles. The maximum absolute atomic E-state index is 12.2. The van der Waals surface area contributed by atoms with Crippen LogP contribution in [-0.4, -0.2) is 20.9 Å². The number of hydrogen-bond acceptors (Lipinski definition) is 3.